The average molecular weight is 344 g/mol. The van der Waals surface area contributed by atoms with E-state index in [9.17, 15) is 0 Å². The van der Waals surface area contributed by atoms with E-state index in [-0.39, 0.29) is 6.04 Å². The van der Waals surface area contributed by atoms with Crippen LogP contribution in [0.15, 0.2) is 42.7 Å². The molecule has 1 atom stereocenters. The lowest BCUT2D eigenvalue weighted by Gasteiger charge is -2.17. The Bertz CT molecular complexity index is 772. The highest BCUT2D eigenvalue weighted by atomic mass is 35.5. The second-order valence-corrected chi connectivity index (χ2v) is 6.35. The topological polar surface area (TPSA) is 55.6 Å². The Hall–Kier alpha value is -1.98. The Balaban J connectivity index is 1.81. The molecule has 0 bridgehead atoms. The maximum Gasteiger partial charge on any atom is 0.162 e. The molecule has 0 saturated carbocycles. The zero-order valence-corrected chi connectivity index (χ0v) is 14.6. The van der Waals surface area contributed by atoms with Gasteiger partial charge in [-0.25, -0.2) is 0 Å². The molecule has 24 heavy (non-hydrogen) atoms. The highest BCUT2D eigenvalue weighted by Crippen LogP contribution is 2.26. The first-order valence-electron chi connectivity index (χ1n) is 8.40. The zero-order valence-electron chi connectivity index (χ0n) is 13.8. The number of aromatic nitrogens is 4. The van der Waals surface area contributed by atoms with Gasteiger partial charge in [0.25, 0.3) is 0 Å². The van der Waals surface area contributed by atoms with Gasteiger partial charge in [-0.1, -0.05) is 43.1 Å². The summed E-state index contributed by atoms with van der Waals surface area (Å²) in [6.07, 6.45) is 4.80. The molecule has 1 N–H and O–H groups in total. The summed E-state index contributed by atoms with van der Waals surface area (Å²) < 4.78 is 0. The van der Waals surface area contributed by atoms with Gasteiger partial charge in [0.1, 0.15) is 0 Å². The van der Waals surface area contributed by atoms with Crippen LogP contribution >= 0.6 is 11.6 Å². The van der Waals surface area contributed by atoms with Gasteiger partial charge in [0.2, 0.25) is 0 Å². The Morgan fingerprint density at radius 3 is 2.75 bits per heavy atom. The van der Waals surface area contributed by atoms with Gasteiger partial charge in [-0.3, -0.25) is 0 Å². The predicted octanol–water partition coefficient (Wildman–Crippen LogP) is 3.85. The highest BCUT2D eigenvalue weighted by Gasteiger charge is 2.16. The molecule has 0 aliphatic rings. The van der Waals surface area contributed by atoms with Crippen molar-refractivity contribution in [1.82, 2.24) is 25.5 Å². The summed E-state index contributed by atoms with van der Waals surface area (Å²) in [5, 5.41) is 18.8. The highest BCUT2D eigenvalue weighted by molar-refractivity contribution is 6.31. The third-order valence-corrected chi connectivity index (χ3v) is 4.39. The van der Waals surface area contributed by atoms with E-state index in [1.54, 1.807) is 4.80 Å². The molecule has 0 aliphatic carbocycles. The number of rotatable bonds is 8. The van der Waals surface area contributed by atoms with Gasteiger partial charge in [0.15, 0.2) is 6.33 Å². The molecule has 3 aromatic rings. The summed E-state index contributed by atoms with van der Waals surface area (Å²) in [4.78, 5) is 1.69. The van der Waals surface area contributed by atoms with E-state index in [0.29, 0.717) is 0 Å². The van der Waals surface area contributed by atoms with Gasteiger partial charge >= 0.3 is 0 Å². The van der Waals surface area contributed by atoms with E-state index in [4.69, 9.17) is 11.6 Å². The SMILES string of the molecule is CCCCNCCC(c1ccc2cc(Cl)ccc2c1)n1ncnn1. The predicted molar refractivity (Wildman–Crippen MR) is 97.3 cm³/mol. The van der Waals surface area contributed by atoms with Crippen molar-refractivity contribution in [2.75, 3.05) is 13.1 Å². The zero-order chi connectivity index (χ0) is 16.8. The third-order valence-electron chi connectivity index (χ3n) is 4.16. The van der Waals surface area contributed by atoms with Crippen LogP contribution in [0.5, 0.6) is 0 Å². The Kier molecular flexibility index (Phi) is 5.77. The third kappa shape index (κ3) is 4.10. The molecule has 6 heteroatoms. The summed E-state index contributed by atoms with van der Waals surface area (Å²) in [6.45, 7) is 4.17. The molecule has 1 heterocycles. The van der Waals surface area contributed by atoms with Crippen molar-refractivity contribution >= 4 is 22.4 Å². The maximum absolute atomic E-state index is 6.07. The molecule has 0 amide bonds. The molecule has 2 aromatic carbocycles. The summed E-state index contributed by atoms with van der Waals surface area (Å²) in [6, 6.07) is 12.4. The first-order valence-corrected chi connectivity index (χ1v) is 8.78. The molecular formula is C18H22ClN5. The van der Waals surface area contributed by atoms with Crippen molar-refractivity contribution in [2.24, 2.45) is 0 Å². The minimum absolute atomic E-state index is 0.0710. The minimum atomic E-state index is 0.0710. The van der Waals surface area contributed by atoms with Crippen molar-refractivity contribution in [2.45, 2.75) is 32.2 Å². The fourth-order valence-electron chi connectivity index (χ4n) is 2.84. The fraction of sp³-hybridized carbons (Fsp3) is 0.389. The summed E-state index contributed by atoms with van der Waals surface area (Å²) in [7, 11) is 0. The van der Waals surface area contributed by atoms with Crippen LogP contribution in [-0.2, 0) is 0 Å². The van der Waals surface area contributed by atoms with Gasteiger partial charge in [-0.2, -0.15) is 4.80 Å². The van der Waals surface area contributed by atoms with Crippen molar-refractivity contribution in [3.05, 3.63) is 53.3 Å². The van der Waals surface area contributed by atoms with E-state index in [0.717, 1.165) is 29.9 Å². The molecule has 0 radical (unpaired) electrons. The lowest BCUT2D eigenvalue weighted by molar-refractivity contribution is 0.416. The van der Waals surface area contributed by atoms with E-state index in [1.807, 2.05) is 18.2 Å². The molecule has 0 fully saturated rings. The van der Waals surface area contributed by atoms with Gasteiger partial charge in [-0.05, 0) is 65.7 Å². The fourth-order valence-corrected chi connectivity index (χ4v) is 3.02. The number of nitrogens with zero attached hydrogens (tertiary/aromatic N) is 4. The minimum Gasteiger partial charge on any atom is -0.317 e. The van der Waals surface area contributed by atoms with Crippen LogP contribution in [0.1, 0.15) is 37.8 Å². The average Bonchev–Trinajstić information content (AvgIpc) is 3.12. The summed E-state index contributed by atoms with van der Waals surface area (Å²) in [5.41, 5.74) is 1.18. The van der Waals surface area contributed by atoms with Crippen LogP contribution in [0, 0.1) is 0 Å². The van der Waals surface area contributed by atoms with E-state index < -0.39 is 0 Å². The van der Waals surface area contributed by atoms with E-state index in [1.165, 1.54) is 30.1 Å². The lowest BCUT2D eigenvalue weighted by atomic mass is 10.00. The number of nitrogens with one attached hydrogen (secondary N) is 1. The molecule has 0 spiro atoms. The number of fused-ring (bicyclic) bond motifs is 1. The number of hydrogen-bond acceptors (Lipinski definition) is 4. The van der Waals surface area contributed by atoms with Gasteiger partial charge in [0, 0.05) is 5.02 Å². The number of tetrazole rings is 1. The van der Waals surface area contributed by atoms with Crippen LogP contribution in [0.2, 0.25) is 5.02 Å². The molecule has 5 nitrogen and oxygen atoms in total. The molecule has 0 saturated heterocycles. The van der Waals surface area contributed by atoms with Crippen molar-refractivity contribution in [1.29, 1.82) is 0 Å². The largest absolute Gasteiger partial charge is 0.317 e. The van der Waals surface area contributed by atoms with Crippen LogP contribution in [0.4, 0.5) is 0 Å². The van der Waals surface area contributed by atoms with Crippen molar-refractivity contribution in [3.8, 4) is 0 Å². The van der Waals surface area contributed by atoms with Crippen LogP contribution < -0.4 is 5.32 Å². The van der Waals surface area contributed by atoms with Gasteiger partial charge in [0.05, 0.1) is 6.04 Å². The first kappa shape index (κ1) is 16.9. The molecule has 1 unspecified atom stereocenters. The monoisotopic (exact) mass is 343 g/mol. The van der Waals surface area contributed by atoms with E-state index >= 15 is 0 Å². The maximum atomic E-state index is 6.07. The quantitative estimate of drug-likeness (QED) is 0.631. The lowest BCUT2D eigenvalue weighted by Crippen LogP contribution is -2.23. The first-order chi connectivity index (χ1) is 11.8. The number of benzene rings is 2. The van der Waals surface area contributed by atoms with Crippen molar-refractivity contribution in [3.63, 3.8) is 0 Å². The normalized spacial score (nSPS) is 12.6. The molecule has 0 aliphatic heterocycles. The van der Waals surface area contributed by atoms with Crippen molar-refractivity contribution < 1.29 is 0 Å². The summed E-state index contributed by atoms with van der Waals surface area (Å²) >= 11 is 6.07. The smallest absolute Gasteiger partial charge is 0.162 e. The molecular weight excluding hydrogens is 322 g/mol. The Morgan fingerprint density at radius 1 is 1.12 bits per heavy atom. The Labute approximate surface area is 147 Å². The molecule has 1 aromatic heterocycles. The number of unbranched alkanes of at least 4 members (excludes halogenated alkanes) is 1. The second-order valence-electron chi connectivity index (χ2n) is 5.92. The van der Waals surface area contributed by atoms with Gasteiger partial charge < -0.3 is 5.32 Å². The number of hydrogen-bond donors (Lipinski definition) is 1. The molecule has 3 rings (SSSR count). The van der Waals surface area contributed by atoms with Crippen LogP contribution in [-0.4, -0.2) is 33.3 Å². The van der Waals surface area contributed by atoms with E-state index in [2.05, 4.69) is 45.9 Å². The van der Waals surface area contributed by atoms with Gasteiger partial charge in [-0.15, -0.1) is 10.2 Å². The Morgan fingerprint density at radius 2 is 1.96 bits per heavy atom. The number of halogens is 1. The summed E-state index contributed by atoms with van der Waals surface area (Å²) in [5.74, 6) is 0. The van der Waals surface area contributed by atoms with Crippen LogP contribution in [0.3, 0.4) is 0 Å². The second kappa shape index (κ2) is 8.22. The molecule has 126 valence electrons. The standard InChI is InChI=1S/C18H22ClN5/c1-2-3-9-20-10-8-18(24-22-13-21-23-24)16-5-4-15-12-17(19)7-6-14(15)11-16/h4-7,11-13,18,20H,2-3,8-10H2,1H3. The van der Waals surface area contributed by atoms with Crippen LogP contribution in [0.25, 0.3) is 10.8 Å².